The standard InChI is InChI=1S/C16H20O4/c17-15(11-19-14-4-2-1-3-5-14)13-6-8-20-16(10-13)7-9-18-12-16/h1-5,13H,6-12H2. The summed E-state index contributed by atoms with van der Waals surface area (Å²) in [5.41, 5.74) is -0.217. The van der Waals surface area contributed by atoms with Crippen LogP contribution < -0.4 is 4.74 Å². The molecular weight excluding hydrogens is 256 g/mol. The van der Waals surface area contributed by atoms with Gasteiger partial charge in [-0.1, -0.05) is 18.2 Å². The first-order chi connectivity index (χ1) is 9.77. The summed E-state index contributed by atoms with van der Waals surface area (Å²) in [6.07, 6.45) is 2.46. The number of benzene rings is 1. The molecule has 0 saturated carbocycles. The minimum Gasteiger partial charge on any atom is -0.486 e. The number of para-hydroxylation sites is 1. The smallest absolute Gasteiger partial charge is 0.173 e. The summed E-state index contributed by atoms with van der Waals surface area (Å²) in [6, 6.07) is 9.46. The number of rotatable bonds is 4. The maximum absolute atomic E-state index is 12.3. The van der Waals surface area contributed by atoms with E-state index in [1.807, 2.05) is 30.3 Å². The first-order valence-electron chi connectivity index (χ1n) is 7.20. The third-order valence-electron chi connectivity index (χ3n) is 4.14. The Bertz CT molecular complexity index is 451. The highest BCUT2D eigenvalue weighted by atomic mass is 16.6. The quantitative estimate of drug-likeness (QED) is 0.846. The molecule has 2 aliphatic heterocycles. The molecule has 108 valence electrons. The second-order valence-electron chi connectivity index (χ2n) is 5.59. The molecule has 2 aliphatic rings. The van der Waals surface area contributed by atoms with Gasteiger partial charge in [0.05, 0.1) is 12.2 Å². The number of hydrogen-bond donors (Lipinski definition) is 0. The highest BCUT2D eigenvalue weighted by molar-refractivity contribution is 5.82. The maximum atomic E-state index is 12.3. The number of carbonyl (C=O) groups excluding carboxylic acids is 1. The Morgan fingerprint density at radius 1 is 1.30 bits per heavy atom. The van der Waals surface area contributed by atoms with Crippen molar-refractivity contribution in [3.8, 4) is 5.75 Å². The third-order valence-corrected chi connectivity index (χ3v) is 4.14. The van der Waals surface area contributed by atoms with Crippen molar-refractivity contribution in [2.24, 2.45) is 5.92 Å². The molecular formula is C16H20O4. The molecule has 2 saturated heterocycles. The van der Waals surface area contributed by atoms with Gasteiger partial charge in [0.2, 0.25) is 0 Å². The lowest BCUT2D eigenvalue weighted by molar-refractivity contribution is -0.138. The van der Waals surface area contributed by atoms with Crippen LogP contribution in [0, 0.1) is 5.92 Å². The van der Waals surface area contributed by atoms with Gasteiger partial charge >= 0.3 is 0 Å². The van der Waals surface area contributed by atoms with E-state index in [4.69, 9.17) is 14.2 Å². The topological polar surface area (TPSA) is 44.8 Å². The Labute approximate surface area is 119 Å². The van der Waals surface area contributed by atoms with Crippen LogP contribution in [0.5, 0.6) is 5.75 Å². The number of Topliss-reactive ketones (excluding diaryl/α,β-unsaturated/α-hetero) is 1. The van der Waals surface area contributed by atoms with Gasteiger partial charge in [-0.15, -0.1) is 0 Å². The van der Waals surface area contributed by atoms with Gasteiger partial charge in [-0.05, 0) is 25.0 Å². The van der Waals surface area contributed by atoms with Crippen molar-refractivity contribution < 1.29 is 19.0 Å². The van der Waals surface area contributed by atoms with Crippen molar-refractivity contribution >= 4 is 5.78 Å². The molecule has 2 atom stereocenters. The fourth-order valence-corrected chi connectivity index (χ4v) is 2.95. The van der Waals surface area contributed by atoms with Crippen molar-refractivity contribution in [2.45, 2.75) is 24.9 Å². The summed E-state index contributed by atoms with van der Waals surface area (Å²) in [5.74, 6) is 0.949. The van der Waals surface area contributed by atoms with E-state index >= 15 is 0 Å². The van der Waals surface area contributed by atoms with Crippen molar-refractivity contribution in [3.05, 3.63) is 30.3 Å². The molecule has 2 heterocycles. The predicted octanol–water partition coefficient (Wildman–Crippen LogP) is 2.22. The van der Waals surface area contributed by atoms with Crippen LogP contribution in [-0.4, -0.2) is 37.8 Å². The fourth-order valence-electron chi connectivity index (χ4n) is 2.95. The zero-order chi connectivity index (χ0) is 13.8. The van der Waals surface area contributed by atoms with Crippen molar-refractivity contribution in [2.75, 3.05) is 26.4 Å². The van der Waals surface area contributed by atoms with Gasteiger partial charge in [0.1, 0.15) is 12.4 Å². The normalized spacial score (nSPS) is 29.5. The van der Waals surface area contributed by atoms with E-state index in [1.54, 1.807) is 0 Å². The van der Waals surface area contributed by atoms with Gasteiger partial charge in [-0.2, -0.15) is 0 Å². The molecule has 0 aromatic heterocycles. The van der Waals surface area contributed by atoms with E-state index in [9.17, 15) is 4.79 Å². The van der Waals surface area contributed by atoms with Crippen molar-refractivity contribution in [1.29, 1.82) is 0 Å². The lowest BCUT2D eigenvalue weighted by atomic mass is 9.83. The summed E-state index contributed by atoms with van der Waals surface area (Å²) in [5, 5.41) is 0. The molecule has 0 radical (unpaired) electrons. The molecule has 20 heavy (non-hydrogen) atoms. The number of hydrogen-bond acceptors (Lipinski definition) is 4. The number of ether oxygens (including phenoxy) is 3. The van der Waals surface area contributed by atoms with E-state index in [0.717, 1.165) is 31.6 Å². The van der Waals surface area contributed by atoms with E-state index in [-0.39, 0.29) is 23.9 Å². The second kappa shape index (κ2) is 5.94. The van der Waals surface area contributed by atoms with E-state index in [1.165, 1.54) is 0 Å². The summed E-state index contributed by atoms with van der Waals surface area (Å²) < 4.78 is 16.8. The molecule has 2 unspecified atom stereocenters. The molecule has 1 aromatic rings. The van der Waals surface area contributed by atoms with E-state index in [2.05, 4.69) is 0 Å². The molecule has 0 bridgehead atoms. The van der Waals surface area contributed by atoms with Crippen molar-refractivity contribution in [3.63, 3.8) is 0 Å². The summed E-state index contributed by atoms with van der Waals surface area (Å²) in [4.78, 5) is 12.3. The van der Waals surface area contributed by atoms with Crippen LogP contribution in [0.15, 0.2) is 30.3 Å². The van der Waals surface area contributed by atoms with Crippen LogP contribution in [0.2, 0.25) is 0 Å². The lowest BCUT2D eigenvalue weighted by Crippen LogP contribution is -2.43. The zero-order valence-electron chi connectivity index (χ0n) is 11.5. The number of carbonyl (C=O) groups is 1. The van der Waals surface area contributed by atoms with Crippen LogP contribution in [0.4, 0.5) is 0 Å². The minimum absolute atomic E-state index is 0.0363. The molecule has 0 aliphatic carbocycles. The molecule has 2 fully saturated rings. The van der Waals surface area contributed by atoms with Gasteiger partial charge in [-0.3, -0.25) is 4.79 Å². The molecule has 1 spiro atoms. The van der Waals surface area contributed by atoms with Gasteiger partial charge in [0.15, 0.2) is 5.78 Å². The van der Waals surface area contributed by atoms with Gasteiger partial charge in [0, 0.05) is 25.6 Å². The first-order valence-corrected chi connectivity index (χ1v) is 7.20. The van der Waals surface area contributed by atoms with Crippen LogP contribution in [0.25, 0.3) is 0 Å². The number of ketones is 1. The third kappa shape index (κ3) is 3.02. The molecule has 0 amide bonds. The highest BCUT2D eigenvalue weighted by Crippen LogP contribution is 2.36. The van der Waals surface area contributed by atoms with Gasteiger partial charge in [0.25, 0.3) is 0 Å². The maximum Gasteiger partial charge on any atom is 0.173 e. The van der Waals surface area contributed by atoms with Crippen LogP contribution in [0.3, 0.4) is 0 Å². The first kappa shape index (κ1) is 13.6. The largest absolute Gasteiger partial charge is 0.486 e. The Kier molecular flexibility index (Phi) is 4.03. The van der Waals surface area contributed by atoms with Gasteiger partial charge < -0.3 is 14.2 Å². The van der Waals surface area contributed by atoms with Crippen LogP contribution >= 0.6 is 0 Å². The molecule has 3 rings (SSSR count). The Morgan fingerprint density at radius 3 is 2.90 bits per heavy atom. The van der Waals surface area contributed by atoms with E-state index in [0.29, 0.717) is 13.2 Å². The Hall–Kier alpha value is -1.39. The van der Waals surface area contributed by atoms with E-state index < -0.39 is 0 Å². The summed E-state index contributed by atoms with van der Waals surface area (Å²) >= 11 is 0. The highest BCUT2D eigenvalue weighted by Gasteiger charge is 2.42. The van der Waals surface area contributed by atoms with Crippen LogP contribution in [0.1, 0.15) is 19.3 Å². The second-order valence-corrected chi connectivity index (χ2v) is 5.59. The molecule has 0 N–H and O–H groups in total. The molecule has 1 aromatic carbocycles. The SMILES string of the molecule is O=C(COc1ccccc1)C1CCOC2(CCOC2)C1. The molecule has 4 heteroatoms. The monoisotopic (exact) mass is 276 g/mol. The lowest BCUT2D eigenvalue weighted by Gasteiger charge is -2.36. The summed E-state index contributed by atoms with van der Waals surface area (Å²) in [6.45, 7) is 2.15. The minimum atomic E-state index is -0.217. The average Bonchev–Trinajstić information content (AvgIpc) is 2.93. The molecule has 4 nitrogen and oxygen atoms in total. The fraction of sp³-hybridized carbons (Fsp3) is 0.562. The van der Waals surface area contributed by atoms with Crippen LogP contribution in [-0.2, 0) is 14.3 Å². The summed E-state index contributed by atoms with van der Waals surface area (Å²) in [7, 11) is 0. The van der Waals surface area contributed by atoms with Crippen molar-refractivity contribution in [1.82, 2.24) is 0 Å². The average molecular weight is 276 g/mol. The predicted molar refractivity (Wildman–Crippen MR) is 73.8 cm³/mol. The van der Waals surface area contributed by atoms with Gasteiger partial charge in [-0.25, -0.2) is 0 Å². The Morgan fingerprint density at radius 2 is 2.15 bits per heavy atom. The zero-order valence-corrected chi connectivity index (χ0v) is 11.5. The Balaban J connectivity index is 1.54.